The lowest BCUT2D eigenvalue weighted by atomic mass is 9.99. The zero-order valence-electron chi connectivity index (χ0n) is 21.3. The Bertz CT molecular complexity index is 1620. The van der Waals surface area contributed by atoms with E-state index >= 15 is 0 Å². The number of carbonyl (C=O) groups is 1. The summed E-state index contributed by atoms with van der Waals surface area (Å²) in [6.07, 6.45) is 0. The molecule has 0 atom stereocenters. The van der Waals surface area contributed by atoms with Gasteiger partial charge in [-0.3, -0.25) is 18.7 Å². The van der Waals surface area contributed by atoms with Gasteiger partial charge in [0.15, 0.2) is 22.5 Å². The first-order valence-corrected chi connectivity index (χ1v) is 12.3. The molecule has 4 aromatic rings. The van der Waals surface area contributed by atoms with Gasteiger partial charge in [-0.05, 0) is 30.5 Å². The van der Waals surface area contributed by atoms with E-state index in [2.05, 4.69) is 10.3 Å². The van der Waals surface area contributed by atoms with Gasteiger partial charge in [0.25, 0.3) is 5.56 Å². The van der Waals surface area contributed by atoms with Crippen LogP contribution < -0.4 is 21.3 Å². The van der Waals surface area contributed by atoms with Crippen LogP contribution in [0.5, 0.6) is 5.75 Å². The second kappa shape index (κ2) is 9.58. The van der Waals surface area contributed by atoms with Crippen LogP contribution in [0.4, 0.5) is 13.9 Å². The molecule has 9 nitrogen and oxygen atoms in total. The SMILES string of the molecule is Cc1cc2c(c(=O)n(C)c(=O)n2C)n1CC(=O)Nc1nc(-c2cc(F)c(OCC(C)(C)C)c(F)c2)cs1. The second-order valence-corrected chi connectivity index (χ2v) is 10.9. The Kier molecular flexibility index (Phi) is 6.80. The van der Waals surface area contributed by atoms with Crippen molar-refractivity contribution in [2.24, 2.45) is 19.5 Å². The summed E-state index contributed by atoms with van der Waals surface area (Å²) in [6, 6.07) is 3.94. The van der Waals surface area contributed by atoms with Crippen LogP contribution in [0.1, 0.15) is 26.5 Å². The topological polar surface area (TPSA) is 100 Å². The minimum atomic E-state index is -0.844. The minimum Gasteiger partial charge on any atom is -0.487 e. The molecule has 3 aromatic heterocycles. The molecule has 0 aliphatic carbocycles. The fourth-order valence-electron chi connectivity index (χ4n) is 3.82. The fourth-order valence-corrected chi connectivity index (χ4v) is 4.55. The van der Waals surface area contributed by atoms with Crippen LogP contribution in [-0.2, 0) is 25.4 Å². The number of benzene rings is 1. The van der Waals surface area contributed by atoms with Crippen molar-refractivity contribution in [2.75, 3.05) is 11.9 Å². The first-order chi connectivity index (χ1) is 17.3. The number of anilines is 1. The lowest BCUT2D eigenvalue weighted by molar-refractivity contribution is -0.116. The Labute approximate surface area is 214 Å². The van der Waals surface area contributed by atoms with Gasteiger partial charge in [0.1, 0.15) is 12.1 Å². The van der Waals surface area contributed by atoms with Crippen LogP contribution in [-0.4, -0.2) is 31.2 Å². The molecular formula is C25H27F2N5O4S. The number of rotatable bonds is 6. The van der Waals surface area contributed by atoms with E-state index in [0.717, 1.165) is 28.0 Å². The van der Waals surface area contributed by atoms with Gasteiger partial charge in [-0.1, -0.05) is 20.8 Å². The summed E-state index contributed by atoms with van der Waals surface area (Å²) < 4.78 is 38.3. The molecule has 0 aliphatic rings. The Morgan fingerprint density at radius 2 is 1.76 bits per heavy atom. The highest BCUT2D eigenvalue weighted by Gasteiger charge is 2.20. The third-order valence-corrected chi connectivity index (χ3v) is 6.48. The van der Waals surface area contributed by atoms with Gasteiger partial charge in [-0.2, -0.15) is 0 Å². The third-order valence-electron chi connectivity index (χ3n) is 5.72. The number of carbonyl (C=O) groups excluding carboxylic acids is 1. The maximum atomic E-state index is 14.6. The summed E-state index contributed by atoms with van der Waals surface area (Å²) in [5.41, 5.74) is 0.534. The predicted octanol–water partition coefficient (Wildman–Crippen LogP) is 3.81. The Balaban J connectivity index is 1.54. The number of hydrogen-bond donors (Lipinski definition) is 1. The van der Waals surface area contributed by atoms with Gasteiger partial charge in [-0.15, -0.1) is 11.3 Å². The lowest BCUT2D eigenvalue weighted by Gasteiger charge is -2.19. The van der Waals surface area contributed by atoms with Crippen LogP contribution in [0.2, 0.25) is 0 Å². The quantitative estimate of drug-likeness (QED) is 0.408. The predicted molar refractivity (Wildman–Crippen MR) is 138 cm³/mol. The van der Waals surface area contributed by atoms with Crippen molar-refractivity contribution >= 4 is 33.4 Å². The molecule has 3 heterocycles. The van der Waals surface area contributed by atoms with E-state index in [0.29, 0.717) is 11.2 Å². The highest BCUT2D eigenvalue weighted by Crippen LogP contribution is 2.32. The van der Waals surface area contributed by atoms with Crippen molar-refractivity contribution in [2.45, 2.75) is 34.2 Å². The number of halogens is 2. The van der Waals surface area contributed by atoms with E-state index in [1.165, 1.54) is 16.2 Å². The van der Waals surface area contributed by atoms with E-state index < -0.39 is 34.5 Å². The van der Waals surface area contributed by atoms with Crippen molar-refractivity contribution in [1.82, 2.24) is 18.7 Å². The van der Waals surface area contributed by atoms with Crippen molar-refractivity contribution in [3.8, 4) is 17.0 Å². The smallest absolute Gasteiger partial charge is 0.331 e. The molecule has 12 heteroatoms. The number of amides is 1. The van der Waals surface area contributed by atoms with Gasteiger partial charge in [0.05, 0.1) is 17.8 Å². The molecule has 0 saturated carbocycles. The summed E-state index contributed by atoms with van der Waals surface area (Å²) in [4.78, 5) is 42.0. The number of hydrogen-bond acceptors (Lipinski definition) is 6. The molecule has 1 N–H and O–H groups in total. The highest BCUT2D eigenvalue weighted by atomic mass is 32.1. The summed E-state index contributed by atoms with van der Waals surface area (Å²) in [7, 11) is 2.93. The number of ether oxygens (including phenoxy) is 1. The van der Waals surface area contributed by atoms with E-state index in [1.807, 2.05) is 20.8 Å². The summed E-state index contributed by atoms with van der Waals surface area (Å²) in [6.45, 7) is 7.36. The van der Waals surface area contributed by atoms with Crippen molar-refractivity contribution in [3.05, 3.63) is 61.7 Å². The number of thiazole rings is 1. The molecule has 1 aromatic carbocycles. The standard InChI is InChI=1S/C25H27F2N5O4S/c1-13-7-18-20(22(34)31(6)24(35)30(18)5)32(13)10-19(33)29-23-28-17(11-37-23)14-8-15(26)21(16(27)9-14)36-12-25(2,3)4/h7-9,11H,10,12H2,1-6H3,(H,28,29,33). The Morgan fingerprint density at radius 1 is 1.11 bits per heavy atom. The number of nitrogens with one attached hydrogen (secondary N) is 1. The van der Waals surface area contributed by atoms with E-state index in [4.69, 9.17) is 4.74 Å². The molecule has 0 spiro atoms. The third kappa shape index (κ3) is 5.19. The van der Waals surface area contributed by atoms with Gasteiger partial charge in [0.2, 0.25) is 5.91 Å². The molecular weight excluding hydrogens is 504 g/mol. The molecule has 196 valence electrons. The molecule has 0 fully saturated rings. The molecule has 0 radical (unpaired) electrons. The van der Waals surface area contributed by atoms with Crippen molar-refractivity contribution in [1.29, 1.82) is 0 Å². The minimum absolute atomic E-state index is 0.144. The first kappa shape index (κ1) is 26.3. The number of aryl methyl sites for hydroxylation is 2. The molecule has 37 heavy (non-hydrogen) atoms. The van der Waals surface area contributed by atoms with Crippen LogP contribution in [0, 0.1) is 24.0 Å². The van der Waals surface area contributed by atoms with Crippen molar-refractivity contribution in [3.63, 3.8) is 0 Å². The molecule has 0 aliphatic heterocycles. The first-order valence-electron chi connectivity index (χ1n) is 11.4. The fraction of sp³-hybridized carbons (Fsp3) is 0.360. The average molecular weight is 532 g/mol. The molecule has 4 rings (SSSR count). The molecule has 0 bridgehead atoms. The largest absolute Gasteiger partial charge is 0.487 e. The van der Waals surface area contributed by atoms with Crippen molar-refractivity contribution < 1.29 is 18.3 Å². The number of nitrogens with zero attached hydrogens (tertiary/aromatic N) is 4. The maximum Gasteiger partial charge on any atom is 0.331 e. The molecule has 1 amide bonds. The van der Waals surface area contributed by atoms with Crippen LogP contribution >= 0.6 is 11.3 Å². The van der Waals surface area contributed by atoms with Crippen LogP contribution in [0.25, 0.3) is 22.3 Å². The van der Waals surface area contributed by atoms with Crippen LogP contribution in [0.15, 0.2) is 33.2 Å². The van der Waals surface area contributed by atoms with Gasteiger partial charge >= 0.3 is 5.69 Å². The van der Waals surface area contributed by atoms with Gasteiger partial charge < -0.3 is 14.6 Å². The summed E-state index contributed by atoms with van der Waals surface area (Å²) in [5, 5.41) is 4.45. The molecule has 0 saturated heterocycles. The Morgan fingerprint density at radius 3 is 2.38 bits per heavy atom. The zero-order valence-corrected chi connectivity index (χ0v) is 22.1. The number of fused-ring (bicyclic) bond motifs is 1. The lowest BCUT2D eigenvalue weighted by Crippen LogP contribution is -2.37. The summed E-state index contributed by atoms with van der Waals surface area (Å²) >= 11 is 1.09. The monoisotopic (exact) mass is 531 g/mol. The average Bonchev–Trinajstić information content (AvgIpc) is 3.39. The normalized spacial score (nSPS) is 11.8. The van der Waals surface area contributed by atoms with E-state index in [-0.39, 0.29) is 40.5 Å². The maximum absolute atomic E-state index is 14.6. The highest BCUT2D eigenvalue weighted by molar-refractivity contribution is 7.14. The van der Waals surface area contributed by atoms with Gasteiger partial charge in [0, 0.05) is 30.7 Å². The Hall–Kier alpha value is -3.80. The van der Waals surface area contributed by atoms with E-state index in [1.54, 1.807) is 25.4 Å². The van der Waals surface area contributed by atoms with E-state index in [9.17, 15) is 23.2 Å². The summed E-state index contributed by atoms with van der Waals surface area (Å²) in [5.74, 6) is -2.59. The van der Waals surface area contributed by atoms with Gasteiger partial charge in [-0.25, -0.2) is 18.6 Å². The zero-order chi connectivity index (χ0) is 27.2. The van der Waals surface area contributed by atoms with Crippen LogP contribution in [0.3, 0.4) is 0 Å². The molecule has 0 unspecified atom stereocenters. The number of aromatic nitrogens is 4. The second-order valence-electron chi connectivity index (χ2n) is 10.0.